The molecule has 1 unspecified atom stereocenters. The van der Waals surface area contributed by atoms with Gasteiger partial charge in [-0.05, 0) is 40.2 Å². The highest BCUT2D eigenvalue weighted by molar-refractivity contribution is 5.07. The lowest BCUT2D eigenvalue weighted by Gasteiger charge is -2.36. The predicted octanol–water partition coefficient (Wildman–Crippen LogP) is 2.61. The van der Waals surface area contributed by atoms with Crippen molar-refractivity contribution in [3.63, 3.8) is 0 Å². The lowest BCUT2D eigenvalue weighted by molar-refractivity contribution is 0.117. The molecule has 1 aromatic rings. The van der Waals surface area contributed by atoms with Crippen molar-refractivity contribution in [2.45, 2.75) is 45.2 Å². The van der Waals surface area contributed by atoms with Crippen LogP contribution in [0.25, 0.3) is 0 Å². The van der Waals surface area contributed by atoms with Crippen molar-refractivity contribution in [1.82, 2.24) is 10.1 Å². The maximum atomic E-state index is 4.91. The number of rotatable bonds is 1. The van der Waals surface area contributed by atoms with E-state index in [9.17, 15) is 0 Å². The Balaban J connectivity index is 2.20. The molecule has 78 valence electrons. The van der Waals surface area contributed by atoms with E-state index >= 15 is 0 Å². The van der Waals surface area contributed by atoms with Crippen LogP contribution in [0.3, 0.4) is 0 Å². The third-order valence-electron chi connectivity index (χ3n) is 2.91. The molecule has 1 aliphatic rings. The fraction of sp³-hybridized carbons (Fsp3) is 0.727. The molecule has 1 atom stereocenters. The Morgan fingerprint density at radius 1 is 1.50 bits per heavy atom. The molecule has 1 fully saturated rings. The molecule has 14 heavy (non-hydrogen) atoms. The van der Waals surface area contributed by atoms with Crippen molar-refractivity contribution < 1.29 is 4.52 Å². The number of aromatic nitrogens is 1. The number of likely N-dealkylation sites (tertiary alicyclic amines) is 1. The summed E-state index contributed by atoms with van der Waals surface area (Å²) in [5.74, 6) is 0. The first-order valence-electron chi connectivity index (χ1n) is 5.26. The van der Waals surface area contributed by atoms with Gasteiger partial charge < -0.3 is 4.52 Å². The molecule has 2 heterocycles. The molecule has 0 N–H and O–H groups in total. The minimum absolute atomic E-state index is 0.222. The van der Waals surface area contributed by atoms with E-state index in [1.165, 1.54) is 19.4 Å². The van der Waals surface area contributed by atoms with Gasteiger partial charge in [0.15, 0.2) is 0 Å². The van der Waals surface area contributed by atoms with Crippen LogP contribution < -0.4 is 0 Å². The van der Waals surface area contributed by atoms with E-state index in [0.717, 1.165) is 5.69 Å². The van der Waals surface area contributed by atoms with Crippen molar-refractivity contribution in [1.29, 1.82) is 0 Å². The zero-order valence-electron chi connectivity index (χ0n) is 9.16. The van der Waals surface area contributed by atoms with Gasteiger partial charge in [0.1, 0.15) is 12.0 Å². The molecule has 0 spiro atoms. The summed E-state index contributed by atoms with van der Waals surface area (Å²) in [5, 5.41) is 4.05. The summed E-state index contributed by atoms with van der Waals surface area (Å²) in [6.45, 7) is 7.93. The lowest BCUT2D eigenvalue weighted by atomic mass is 10.0. The highest BCUT2D eigenvalue weighted by Gasteiger charge is 2.34. The highest BCUT2D eigenvalue weighted by Crippen LogP contribution is 2.36. The number of nitrogens with zero attached hydrogens (tertiary/aromatic N) is 2. The van der Waals surface area contributed by atoms with Gasteiger partial charge in [0.2, 0.25) is 0 Å². The first kappa shape index (κ1) is 9.71. The quantitative estimate of drug-likeness (QED) is 0.688. The van der Waals surface area contributed by atoms with E-state index in [2.05, 4.69) is 30.8 Å². The maximum absolute atomic E-state index is 4.91. The van der Waals surface area contributed by atoms with Crippen molar-refractivity contribution >= 4 is 0 Å². The van der Waals surface area contributed by atoms with Gasteiger partial charge in [-0.25, -0.2) is 0 Å². The summed E-state index contributed by atoms with van der Waals surface area (Å²) in [5.41, 5.74) is 1.30. The van der Waals surface area contributed by atoms with Gasteiger partial charge in [0, 0.05) is 11.6 Å². The molecule has 0 bridgehead atoms. The van der Waals surface area contributed by atoms with Crippen LogP contribution in [-0.2, 0) is 0 Å². The largest absolute Gasteiger partial charge is 0.364 e. The van der Waals surface area contributed by atoms with Gasteiger partial charge in [-0.2, -0.15) is 0 Å². The second-order valence-electron chi connectivity index (χ2n) is 4.95. The molecule has 0 aliphatic carbocycles. The normalized spacial score (nSPS) is 24.4. The van der Waals surface area contributed by atoms with Gasteiger partial charge in [-0.3, -0.25) is 4.90 Å². The van der Waals surface area contributed by atoms with Crippen molar-refractivity contribution in [2.24, 2.45) is 0 Å². The van der Waals surface area contributed by atoms with Gasteiger partial charge in [0.05, 0.1) is 6.04 Å². The number of hydrogen-bond acceptors (Lipinski definition) is 3. The summed E-state index contributed by atoms with van der Waals surface area (Å²) < 4.78 is 4.91. The molecule has 0 aromatic carbocycles. The monoisotopic (exact) mass is 194 g/mol. The molecule has 3 nitrogen and oxygen atoms in total. The Morgan fingerprint density at radius 2 is 2.29 bits per heavy atom. The van der Waals surface area contributed by atoms with Crippen LogP contribution in [-0.4, -0.2) is 22.1 Å². The first-order valence-corrected chi connectivity index (χ1v) is 5.26. The fourth-order valence-corrected chi connectivity index (χ4v) is 2.27. The van der Waals surface area contributed by atoms with Gasteiger partial charge >= 0.3 is 0 Å². The van der Waals surface area contributed by atoms with E-state index in [-0.39, 0.29) is 5.54 Å². The summed E-state index contributed by atoms with van der Waals surface area (Å²) in [7, 11) is 0. The number of hydrogen-bond donors (Lipinski definition) is 0. The third kappa shape index (κ3) is 1.69. The van der Waals surface area contributed by atoms with Gasteiger partial charge in [-0.1, -0.05) is 5.16 Å². The molecule has 2 rings (SSSR count). The van der Waals surface area contributed by atoms with Crippen LogP contribution in [0.5, 0.6) is 0 Å². The van der Waals surface area contributed by atoms with Crippen LogP contribution >= 0.6 is 0 Å². The van der Waals surface area contributed by atoms with E-state index < -0.39 is 0 Å². The minimum Gasteiger partial charge on any atom is -0.364 e. The summed E-state index contributed by atoms with van der Waals surface area (Å²) in [6, 6.07) is 2.43. The Hall–Kier alpha value is -0.830. The van der Waals surface area contributed by atoms with E-state index in [0.29, 0.717) is 6.04 Å². The zero-order valence-corrected chi connectivity index (χ0v) is 9.16. The second kappa shape index (κ2) is 3.39. The van der Waals surface area contributed by atoms with Crippen LogP contribution in [0.15, 0.2) is 16.9 Å². The lowest BCUT2D eigenvalue weighted by Crippen LogP contribution is -2.40. The Morgan fingerprint density at radius 3 is 2.86 bits per heavy atom. The fourth-order valence-electron chi connectivity index (χ4n) is 2.27. The smallest absolute Gasteiger partial charge is 0.124 e. The van der Waals surface area contributed by atoms with Crippen LogP contribution in [0.1, 0.15) is 45.3 Å². The van der Waals surface area contributed by atoms with E-state index in [1.807, 2.05) is 6.07 Å². The topological polar surface area (TPSA) is 29.3 Å². The highest BCUT2D eigenvalue weighted by atomic mass is 16.5. The maximum Gasteiger partial charge on any atom is 0.124 e. The van der Waals surface area contributed by atoms with Crippen LogP contribution in [0.2, 0.25) is 0 Å². The van der Waals surface area contributed by atoms with E-state index in [1.54, 1.807) is 6.26 Å². The molecule has 3 heteroatoms. The Bertz CT molecular complexity index is 287. The summed E-state index contributed by atoms with van der Waals surface area (Å²) >= 11 is 0. The summed E-state index contributed by atoms with van der Waals surface area (Å²) in [6.07, 6.45) is 4.12. The van der Waals surface area contributed by atoms with Crippen LogP contribution in [0, 0.1) is 0 Å². The molecule has 1 saturated heterocycles. The SMILES string of the molecule is CC(C)(C)N1CCCC1c1ccon1. The van der Waals surface area contributed by atoms with Crippen molar-refractivity contribution in [3.05, 3.63) is 18.0 Å². The Labute approximate surface area is 85.1 Å². The summed E-state index contributed by atoms with van der Waals surface area (Å²) in [4.78, 5) is 2.50. The first-order chi connectivity index (χ1) is 6.59. The predicted molar refractivity (Wildman–Crippen MR) is 54.9 cm³/mol. The zero-order chi connectivity index (χ0) is 10.2. The van der Waals surface area contributed by atoms with Crippen molar-refractivity contribution in [3.8, 4) is 0 Å². The molecule has 0 amide bonds. The average molecular weight is 194 g/mol. The van der Waals surface area contributed by atoms with E-state index in [4.69, 9.17) is 4.52 Å². The minimum atomic E-state index is 0.222. The Kier molecular flexibility index (Phi) is 2.35. The molecule has 0 saturated carbocycles. The molecular weight excluding hydrogens is 176 g/mol. The van der Waals surface area contributed by atoms with Crippen LogP contribution in [0.4, 0.5) is 0 Å². The molecular formula is C11H18N2O. The standard InChI is InChI=1S/C11H18N2O/c1-11(2,3)13-7-4-5-10(13)9-6-8-14-12-9/h6,8,10H,4-5,7H2,1-3H3. The van der Waals surface area contributed by atoms with Gasteiger partial charge in [0.25, 0.3) is 0 Å². The van der Waals surface area contributed by atoms with Crippen molar-refractivity contribution in [2.75, 3.05) is 6.54 Å². The molecule has 1 aliphatic heterocycles. The molecule has 0 radical (unpaired) electrons. The third-order valence-corrected chi connectivity index (χ3v) is 2.91. The average Bonchev–Trinajstić information content (AvgIpc) is 2.73. The molecule has 1 aromatic heterocycles. The van der Waals surface area contributed by atoms with Gasteiger partial charge in [-0.15, -0.1) is 0 Å². The second-order valence-corrected chi connectivity index (χ2v) is 4.95.